The van der Waals surface area contributed by atoms with Gasteiger partial charge in [-0.25, -0.2) is 4.39 Å². The molecule has 4 fully saturated rings. The number of nitrogens with zero attached hydrogens (tertiary/aromatic N) is 6. The van der Waals surface area contributed by atoms with Crippen molar-refractivity contribution in [3.05, 3.63) is 94.9 Å². The molecular weight excluding hydrogens is 764 g/mol. The third kappa shape index (κ3) is 8.10. The molecule has 1 unspecified atom stereocenters. The van der Waals surface area contributed by atoms with Crippen LogP contribution >= 0.6 is 0 Å². The number of piperazine rings is 1. The van der Waals surface area contributed by atoms with Crippen LogP contribution in [0.15, 0.2) is 66.9 Å². The van der Waals surface area contributed by atoms with Gasteiger partial charge in [0.1, 0.15) is 23.7 Å². The van der Waals surface area contributed by atoms with Gasteiger partial charge < -0.3 is 24.8 Å². The van der Waals surface area contributed by atoms with E-state index in [1.165, 1.54) is 6.07 Å². The number of ether oxygens (including phenoxy) is 1. The molecule has 13 nitrogen and oxygen atoms in total. The van der Waals surface area contributed by atoms with E-state index in [0.717, 1.165) is 101 Å². The number of amides is 4. The second-order valence-electron chi connectivity index (χ2n) is 16.8. The highest BCUT2D eigenvalue weighted by Gasteiger charge is 2.39. The van der Waals surface area contributed by atoms with Gasteiger partial charge in [-0.1, -0.05) is 0 Å². The summed E-state index contributed by atoms with van der Waals surface area (Å²) in [5, 5.41) is 15.7. The zero-order valence-electron chi connectivity index (χ0n) is 33.6. The Morgan fingerprint density at radius 3 is 2.45 bits per heavy atom. The maximum Gasteiger partial charge on any atom is 0.255 e. The first-order valence-corrected chi connectivity index (χ1v) is 21.3. The van der Waals surface area contributed by atoms with Crippen molar-refractivity contribution in [3.63, 3.8) is 0 Å². The molecule has 1 aliphatic carbocycles. The number of benzene rings is 3. The van der Waals surface area contributed by atoms with Crippen LogP contribution in [0.4, 0.5) is 15.8 Å². The fraction of sp³-hybridized carbons (Fsp3) is 0.435. The first kappa shape index (κ1) is 39.4. The molecule has 5 aliphatic rings. The summed E-state index contributed by atoms with van der Waals surface area (Å²) in [6.07, 6.45) is 7.21. The molecule has 310 valence electrons. The SMILES string of the molecule is N#Cc1ccc(OC2CCC(NC(=O)c3ccc(N4CCC(CN5CCN(c6ccc7c(c6)CN(C6CCC(=O)NC6=O)C7=O)CC5)CC4)c(F)c3)CC2)c2cccnc12. The Bertz CT molecular complexity index is 2360. The molecule has 0 bridgehead atoms. The predicted octanol–water partition coefficient (Wildman–Crippen LogP) is 5.17. The normalized spacial score (nSPS) is 22.7. The minimum Gasteiger partial charge on any atom is -0.490 e. The lowest BCUT2D eigenvalue weighted by Crippen LogP contribution is -2.52. The summed E-state index contributed by atoms with van der Waals surface area (Å²) in [7, 11) is 0. The first-order valence-electron chi connectivity index (χ1n) is 21.3. The molecule has 3 aromatic carbocycles. The number of hydrogen-bond acceptors (Lipinski definition) is 10. The molecule has 60 heavy (non-hydrogen) atoms. The molecule has 14 heteroatoms. The van der Waals surface area contributed by atoms with Gasteiger partial charge >= 0.3 is 0 Å². The average molecular weight is 813 g/mol. The number of carbonyl (C=O) groups excluding carboxylic acids is 4. The van der Waals surface area contributed by atoms with E-state index < -0.39 is 11.9 Å². The third-order valence-corrected chi connectivity index (χ3v) is 13.1. The molecule has 4 amide bonds. The second kappa shape index (κ2) is 16.9. The number of halogens is 1. The Morgan fingerprint density at radius 2 is 1.70 bits per heavy atom. The fourth-order valence-corrected chi connectivity index (χ4v) is 9.69. The summed E-state index contributed by atoms with van der Waals surface area (Å²) in [6.45, 7) is 6.50. The van der Waals surface area contributed by atoms with Gasteiger partial charge in [0.2, 0.25) is 11.8 Å². The minimum atomic E-state index is -0.618. The molecule has 1 atom stereocenters. The number of fused-ring (bicyclic) bond motifs is 2. The lowest BCUT2D eigenvalue weighted by Gasteiger charge is -2.40. The topological polar surface area (TPSA) is 151 Å². The molecule has 4 aliphatic heterocycles. The second-order valence-corrected chi connectivity index (χ2v) is 16.8. The summed E-state index contributed by atoms with van der Waals surface area (Å²) in [4.78, 5) is 63.3. The number of hydrogen-bond donors (Lipinski definition) is 2. The molecule has 1 saturated carbocycles. The molecule has 5 heterocycles. The monoisotopic (exact) mass is 812 g/mol. The quantitative estimate of drug-likeness (QED) is 0.217. The van der Waals surface area contributed by atoms with E-state index in [-0.39, 0.29) is 42.1 Å². The highest BCUT2D eigenvalue weighted by atomic mass is 19.1. The highest BCUT2D eigenvalue weighted by Crippen LogP contribution is 2.33. The van der Waals surface area contributed by atoms with Gasteiger partial charge in [-0.3, -0.25) is 34.4 Å². The van der Waals surface area contributed by atoms with Crippen LogP contribution in [0.25, 0.3) is 10.9 Å². The van der Waals surface area contributed by atoms with Crippen molar-refractivity contribution >= 4 is 45.9 Å². The van der Waals surface area contributed by atoms with Gasteiger partial charge in [-0.15, -0.1) is 0 Å². The van der Waals surface area contributed by atoms with Gasteiger partial charge in [0.05, 0.1) is 22.9 Å². The molecule has 0 spiro atoms. The maximum absolute atomic E-state index is 15.5. The molecule has 2 N–H and O–H groups in total. The van der Waals surface area contributed by atoms with Crippen LogP contribution in [0.3, 0.4) is 0 Å². The van der Waals surface area contributed by atoms with Crippen LogP contribution in [0, 0.1) is 23.1 Å². The Balaban J connectivity index is 0.707. The summed E-state index contributed by atoms with van der Waals surface area (Å²) >= 11 is 0. The van der Waals surface area contributed by atoms with E-state index in [4.69, 9.17) is 4.74 Å². The predicted molar refractivity (Wildman–Crippen MR) is 223 cm³/mol. The lowest BCUT2D eigenvalue weighted by molar-refractivity contribution is -0.136. The van der Waals surface area contributed by atoms with E-state index in [1.54, 1.807) is 29.3 Å². The third-order valence-electron chi connectivity index (χ3n) is 13.1. The number of nitriles is 1. The van der Waals surface area contributed by atoms with Crippen molar-refractivity contribution in [2.24, 2.45) is 5.92 Å². The molecular formula is C46H49FN8O5. The van der Waals surface area contributed by atoms with Crippen LogP contribution in [0.5, 0.6) is 5.75 Å². The lowest BCUT2D eigenvalue weighted by atomic mass is 9.92. The molecule has 1 aromatic heterocycles. The van der Waals surface area contributed by atoms with E-state index in [2.05, 4.69) is 42.5 Å². The van der Waals surface area contributed by atoms with E-state index in [9.17, 15) is 24.4 Å². The van der Waals surface area contributed by atoms with E-state index in [0.29, 0.717) is 52.5 Å². The minimum absolute atomic E-state index is 0.0132. The van der Waals surface area contributed by atoms with Crippen molar-refractivity contribution in [1.82, 2.24) is 25.4 Å². The summed E-state index contributed by atoms with van der Waals surface area (Å²) in [5.74, 6) is -0.265. The summed E-state index contributed by atoms with van der Waals surface area (Å²) in [6, 6.07) is 19.6. The number of aromatic nitrogens is 1. The fourth-order valence-electron chi connectivity index (χ4n) is 9.69. The van der Waals surface area contributed by atoms with Crippen molar-refractivity contribution in [3.8, 4) is 11.8 Å². The van der Waals surface area contributed by atoms with Crippen LogP contribution in [0.2, 0.25) is 0 Å². The summed E-state index contributed by atoms with van der Waals surface area (Å²) in [5.41, 5.74) is 4.62. The summed E-state index contributed by atoms with van der Waals surface area (Å²) < 4.78 is 21.9. The van der Waals surface area contributed by atoms with E-state index in [1.807, 2.05) is 30.3 Å². The largest absolute Gasteiger partial charge is 0.490 e. The zero-order valence-corrected chi connectivity index (χ0v) is 33.6. The number of anilines is 2. The van der Waals surface area contributed by atoms with E-state index >= 15 is 4.39 Å². The molecule has 4 aromatic rings. The van der Waals surface area contributed by atoms with Crippen molar-refractivity contribution in [2.75, 3.05) is 55.6 Å². The van der Waals surface area contributed by atoms with Gasteiger partial charge in [-0.2, -0.15) is 5.26 Å². The highest BCUT2D eigenvalue weighted by molar-refractivity contribution is 6.05. The number of nitrogens with one attached hydrogen (secondary N) is 2. The number of piperidine rings is 2. The number of pyridine rings is 1. The molecule has 3 saturated heterocycles. The smallest absolute Gasteiger partial charge is 0.255 e. The average Bonchev–Trinajstić information content (AvgIpc) is 3.59. The Morgan fingerprint density at radius 1 is 0.900 bits per heavy atom. The van der Waals surface area contributed by atoms with Crippen LogP contribution < -0.4 is 25.2 Å². The van der Waals surface area contributed by atoms with Crippen molar-refractivity contribution in [1.29, 1.82) is 5.26 Å². The maximum atomic E-state index is 15.5. The van der Waals surface area contributed by atoms with Gasteiger partial charge in [0.25, 0.3) is 11.8 Å². The van der Waals surface area contributed by atoms with Gasteiger partial charge in [-0.05, 0) is 117 Å². The van der Waals surface area contributed by atoms with Crippen LogP contribution in [-0.4, -0.2) is 102 Å². The molecule has 9 rings (SSSR count). The Kier molecular flexibility index (Phi) is 11.1. The standard InChI is InChI=1S/C46H49FN8O5/c47-38-25-30(44(57)50-33-5-8-35(9-6-33)60-41-13-4-31(26-48)43-37(41)2-1-17-49-43)3-11-39(38)54-18-15-29(16-19-54)27-52-20-22-53(23-21-52)34-7-10-36-32(24-34)28-55(46(36)59)40-12-14-42(56)51-45(40)58/h1-4,7,10-11,13,17,24-25,29,33,35,40H,5-6,8-9,12,14-16,18-23,27-28H2,(H,50,57)(H,51,56,58). The van der Waals surface area contributed by atoms with Crippen LogP contribution in [0.1, 0.15) is 83.2 Å². The van der Waals surface area contributed by atoms with Crippen LogP contribution in [-0.2, 0) is 16.1 Å². The first-order chi connectivity index (χ1) is 29.2. The van der Waals surface area contributed by atoms with Gasteiger partial charge in [0.15, 0.2) is 0 Å². The van der Waals surface area contributed by atoms with Crippen molar-refractivity contribution < 1.29 is 28.3 Å². The van der Waals surface area contributed by atoms with Gasteiger partial charge in [0, 0.05) is 93.2 Å². The number of imide groups is 1. The number of carbonyl (C=O) groups is 4. The zero-order chi connectivity index (χ0) is 41.3. The Labute approximate surface area is 348 Å². The Hall–Kier alpha value is -6.07. The van der Waals surface area contributed by atoms with Crippen molar-refractivity contribution in [2.45, 2.75) is 76.1 Å². The molecule has 0 radical (unpaired) electrons. The number of rotatable bonds is 9.